The first kappa shape index (κ1) is 21.2. The van der Waals surface area contributed by atoms with Crippen molar-refractivity contribution in [1.82, 2.24) is 20.8 Å². The summed E-state index contributed by atoms with van der Waals surface area (Å²) in [6.07, 6.45) is 3.04. The van der Waals surface area contributed by atoms with Crippen LogP contribution in [0.15, 0.2) is 48.7 Å². The standard InChI is InChI=1S/C23H23N5O4/c1-2-32-21(30)12-20(29)27-28-22(31)16-7-8-19-17(9-16)13-24-23(26-19)25-18-10-14-5-3-4-6-15(14)11-18/h3-9,13,18H,2,10-12H2,1H3,(H,27,29)(H,28,31)(H,24,25,26). The molecule has 32 heavy (non-hydrogen) atoms. The lowest BCUT2D eigenvalue weighted by atomic mass is 10.1. The van der Waals surface area contributed by atoms with Gasteiger partial charge in [-0.05, 0) is 49.1 Å². The van der Waals surface area contributed by atoms with Gasteiger partial charge >= 0.3 is 5.97 Å². The fraction of sp³-hybridized carbons (Fsp3) is 0.261. The topological polar surface area (TPSA) is 122 Å². The summed E-state index contributed by atoms with van der Waals surface area (Å²) in [5.41, 5.74) is 8.18. The first-order chi connectivity index (χ1) is 15.5. The maximum Gasteiger partial charge on any atom is 0.315 e. The zero-order valence-electron chi connectivity index (χ0n) is 17.6. The number of nitrogens with one attached hydrogen (secondary N) is 3. The highest BCUT2D eigenvalue weighted by Crippen LogP contribution is 2.24. The maximum absolute atomic E-state index is 12.3. The summed E-state index contributed by atoms with van der Waals surface area (Å²) in [5, 5.41) is 4.08. The Morgan fingerprint density at radius 2 is 1.81 bits per heavy atom. The van der Waals surface area contributed by atoms with Gasteiger partial charge in [0.05, 0.1) is 12.1 Å². The number of aromatic nitrogens is 2. The largest absolute Gasteiger partial charge is 0.466 e. The molecule has 3 aromatic rings. The van der Waals surface area contributed by atoms with Crippen molar-refractivity contribution in [3.8, 4) is 0 Å². The molecule has 1 aliphatic rings. The minimum Gasteiger partial charge on any atom is -0.466 e. The Bertz CT molecular complexity index is 1160. The fourth-order valence-corrected chi connectivity index (χ4v) is 3.67. The lowest BCUT2D eigenvalue weighted by Gasteiger charge is -2.12. The molecule has 0 spiro atoms. The fourth-order valence-electron chi connectivity index (χ4n) is 3.67. The van der Waals surface area contributed by atoms with Crippen LogP contribution in [0.25, 0.3) is 10.9 Å². The summed E-state index contributed by atoms with van der Waals surface area (Å²) in [5.74, 6) is -1.30. The molecule has 3 N–H and O–H groups in total. The van der Waals surface area contributed by atoms with E-state index in [2.05, 4.69) is 43.0 Å². The third kappa shape index (κ3) is 5.00. The molecule has 164 valence electrons. The number of benzene rings is 2. The van der Waals surface area contributed by atoms with Crippen LogP contribution in [0.3, 0.4) is 0 Å². The van der Waals surface area contributed by atoms with Gasteiger partial charge in [0.25, 0.3) is 5.91 Å². The van der Waals surface area contributed by atoms with Crippen molar-refractivity contribution in [1.29, 1.82) is 0 Å². The number of carbonyl (C=O) groups is 3. The highest BCUT2D eigenvalue weighted by Gasteiger charge is 2.21. The van der Waals surface area contributed by atoms with Gasteiger partial charge in [0.15, 0.2) is 0 Å². The van der Waals surface area contributed by atoms with Gasteiger partial charge < -0.3 is 10.1 Å². The maximum atomic E-state index is 12.3. The van der Waals surface area contributed by atoms with Gasteiger partial charge in [-0.3, -0.25) is 25.2 Å². The lowest BCUT2D eigenvalue weighted by molar-refractivity contribution is -0.146. The number of anilines is 1. The lowest BCUT2D eigenvalue weighted by Crippen LogP contribution is -2.42. The second-order valence-corrected chi connectivity index (χ2v) is 7.47. The van der Waals surface area contributed by atoms with E-state index < -0.39 is 24.2 Å². The van der Waals surface area contributed by atoms with Gasteiger partial charge in [-0.1, -0.05) is 24.3 Å². The predicted molar refractivity (Wildman–Crippen MR) is 118 cm³/mol. The summed E-state index contributed by atoms with van der Waals surface area (Å²) in [6, 6.07) is 13.6. The number of hydrogen-bond donors (Lipinski definition) is 3. The summed E-state index contributed by atoms with van der Waals surface area (Å²) in [7, 11) is 0. The predicted octanol–water partition coefficient (Wildman–Crippen LogP) is 1.92. The molecule has 2 amide bonds. The van der Waals surface area contributed by atoms with Crippen LogP contribution >= 0.6 is 0 Å². The number of hydrogen-bond acceptors (Lipinski definition) is 7. The molecule has 9 heteroatoms. The molecule has 1 aliphatic carbocycles. The molecule has 0 saturated carbocycles. The van der Waals surface area contributed by atoms with E-state index in [1.54, 1.807) is 31.3 Å². The molecule has 9 nitrogen and oxygen atoms in total. The van der Waals surface area contributed by atoms with E-state index in [1.807, 2.05) is 12.1 Å². The average molecular weight is 433 g/mol. The van der Waals surface area contributed by atoms with E-state index in [0.29, 0.717) is 22.4 Å². The summed E-state index contributed by atoms with van der Waals surface area (Å²) >= 11 is 0. The molecule has 4 rings (SSSR count). The van der Waals surface area contributed by atoms with Crippen LogP contribution in [0.1, 0.15) is 34.8 Å². The van der Waals surface area contributed by atoms with Gasteiger partial charge in [0, 0.05) is 23.2 Å². The summed E-state index contributed by atoms with van der Waals surface area (Å²) in [6.45, 7) is 1.83. The van der Waals surface area contributed by atoms with Gasteiger partial charge in [0.1, 0.15) is 6.42 Å². The van der Waals surface area contributed by atoms with Crippen LogP contribution in [0.4, 0.5) is 5.95 Å². The monoisotopic (exact) mass is 433 g/mol. The van der Waals surface area contributed by atoms with Crippen LogP contribution in [0.5, 0.6) is 0 Å². The molecule has 1 aromatic heterocycles. The van der Waals surface area contributed by atoms with Crippen LogP contribution in [-0.2, 0) is 27.2 Å². The minimum atomic E-state index is -0.661. The number of carbonyl (C=O) groups excluding carboxylic acids is 3. The van der Waals surface area contributed by atoms with E-state index in [1.165, 1.54) is 11.1 Å². The molecule has 0 radical (unpaired) electrons. The van der Waals surface area contributed by atoms with E-state index in [9.17, 15) is 14.4 Å². The molecule has 0 fully saturated rings. The normalized spacial score (nSPS) is 12.8. The number of nitrogens with zero attached hydrogens (tertiary/aromatic N) is 2. The molecule has 0 aliphatic heterocycles. The Balaban J connectivity index is 1.36. The van der Waals surface area contributed by atoms with Crippen LogP contribution in [-0.4, -0.2) is 40.4 Å². The smallest absolute Gasteiger partial charge is 0.315 e. The van der Waals surface area contributed by atoms with Crippen LogP contribution in [0.2, 0.25) is 0 Å². The quantitative estimate of drug-likeness (QED) is 0.308. The number of rotatable bonds is 6. The Kier molecular flexibility index (Phi) is 6.25. The molecular formula is C23H23N5O4. The van der Waals surface area contributed by atoms with Crippen LogP contribution in [0, 0.1) is 0 Å². The Labute approximate surface area is 184 Å². The average Bonchev–Trinajstić information content (AvgIpc) is 3.19. The highest BCUT2D eigenvalue weighted by molar-refractivity contribution is 6.00. The third-order valence-corrected chi connectivity index (χ3v) is 5.15. The van der Waals surface area contributed by atoms with Crippen LogP contribution < -0.4 is 16.2 Å². The Hall–Kier alpha value is -4.01. The summed E-state index contributed by atoms with van der Waals surface area (Å²) < 4.78 is 4.69. The zero-order chi connectivity index (χ0) is 22.5. The molecule has 0 bridgehead atoms. The summed E-state index contributed by atoms with van der Waals surface area (Å²) in [4.78, 5) is 44.2. The number of ether oxygens (including phenoxy) is 1. The van der Waals surface area contributed by atoms with Crippen molar-refractivity contribution in [2.75, 3.05) is 11.9 Å². The number of fused-ring (bicyclic) bond motifs is 2. The number of amides is 2. The molecular weight excluding hydrogens is 410 g/mol. The first-order valence-corrected chi connectivity index (χ1v) is 10.4. The van der Waals surface area contributed by atoms with Gasteiger partial charge in [-0.25, -0.2) is 9.97 Å². The third-order valence-electron chi connectivity index (χ3n) is 5.15. The molecule has 0 atom stereocenters. The van der Waals surface area contributed by atoms with E-state index in [0.717, 1.165) is 12.8 Å². The molecule has 2 aromatic carbocycles. The molecule has 0 unspecified atom stereocenters. The first-order valence-electron chi connectivity index (χ1n) is 10.4. The van der Waals surface area contributed by atoms with E-state index in [-0.39, 0.29) is 12.6 Å². The second kappa shape index (κ2) is 9.42. The van der Waals surface area contributed by atoms with Gasteiger partial charge in [-0.15, -0.1) is 0 Å². The zero-order valence-corrected chi connectivity index (χ0v) is 17.6. The van der Waals surface area contributed by atoms with Gasteiger partial charge in [-0.2, -0.15) is 0 Å². The molecule has 1 heterocycles. The van der Waals surface area contributed by atoms with Crippen molar-refractivity contribution in [2.45, 2.75) is 32.2 Å². The second-order valence-electron chi connectivity index (χ2n) is 7.47. The number of esters is 1. The van der Waals surface area contributed by atoms with Crippen molar-refractivity contribution >= 4 is 34.6 Å². The Morgan fingerprint density at radius 1 is 1.06 bits per heavy atom. The highest BCUT2D eigenvalue weighted by atomic mass is 16.5. The number of hydrazine groups is 1. The molecule has 0 saturated heterocycles. The Morgan fingerprint density at radius 3 is 2.53 bits per heavy atom. The van der Waals surface area contributed by atoms with Crippen molar-refractivity contribution in [3.05, 3.63) is 65.4 Å². The minimum absolute atomic E-state index is 0.184. The van der Waals surface area contributed by atoms with Crippen molar-refractivity contribution in [3.63, 3.8) is 0 Å². The van der Waals surface area contributed by atoms with E-state index >= 15 is 0 Å². The van der Waals surface area contributed by atoms with E-state index in [4.69, 9.17) is 0 Å². The van der Waals surface area contributed by atoms with Gasteiger partial charge in [0.2, 0.25) is 11.9 Å². The SMILES string of the molecule is CCOC(=O)CC(=O)NNC(=O)c1ccc2nc(NC3Cc4ccccc4C3)ncc2c1. The van der Waals surface area contributed by atoms with Crippen molar-refractivity contribution < 1.29 is 19.1 Å². The van der Waals surface area contributed by atoms with Crippen molar-refractivity contribution in [2.24, 2.45) is 0 Å².